The zero-order valence-electron chi connectivity index (χ0n) is 17.8. The van der Waals surface area contributed by atoms with E-state index in [4.69, 9.17) is 16.0 Å². The minimum absolute atomic E-state index is 0.251. The van der Waals surface area contributed by atoms with Crippen molar-refractivity contribution in [3.8, 4) is 0 Å². The molecule has 1 N–H and O–H groups in total. The molecule has 31 heavy (non-hydrogen) atoms. The molecule has 1 atom stereocenters. The van der Waals surface area contributed by atoms with Crippen LogP contribution in [0.2, 0.25) is 5.02 Å². The van der Waals surface area contributed by atoms with Gasteiger partial charge in [0.15, 0.2) is 0 Å². The Morgan fingerprint density at radius 1 is 1.16 bits per heavy atom. The third kappa shape index (κ3) is 3.87. The number of benzene rings is 1. The normalized spacial score (nSPS) is 21.6. The topological polar surface area (TPSA) is 86.1 Å². The molecule has 4 rings (SSSR count). The smallest absolute Gasteiger partial charge is 0.325 e. The molecule has 1 unspecified atom stereocenters. The van der Waals surface area contributed by atoms with Gasteiger partial charge >= 0.3 is 6.03 Å². The first-order chi connectivity index (χ1) is 14.7. The first-order valence-corrected chi connectivity index (χ1v) is 10.6. The van der Waals surface area contributed by atoms with Gasteiger partial charge < -0.3 is 19.5 Å². The number of carbonyl (C=O) groups is 3. The molecule has 0 bridgehead atoms. The molecule has 1 aromatic heterocycles. The summed E-state index contributed by atoms with van der Waals surface area (Å²) in [7, 11) is 0. The fraction of sp³-hybridized carbons (Fsp3) is 0.409. The molecule has 0 aliphatic carbocycles. The molecule has 2 aromatic rings. The van der Waals surface area contributed by atoms with Crippen molar-refractivity contribution in [3.63, 3.8) is 0 Å². The van der Waals surface area contributed by atoms with Crippen molar-refractivity contribution < 1.29 is 18.8 Å². The van der Waals surface area contributed by atoms with Crippen molar-refractivity contribution in [1.82, 2.24) is 15.1 Å². The summed E-state index contributed by atoms with van der Waals surface area (Å²) in [6, 6.07) is 8.77. The van der Waals surface area contributed by atoms with Crippen LogP contribution in [0.4, 0.5) is 10.5 Å². The zero-order chi connectivity index (χ0) is 22.3. The zero-order valence-corrected chi connectivity index (χ0v) is 18.5. The summed E-state index contributed by atoms with van der Waals surface area (Å²) in [6.45, 7) is 7.20. The second-order valence-electron chi connectivity index (χ2n) is 8.12. The number of piperazine rings is 1. The van der Waals surface area contributed by atoms with Gasteiger partial charge in [0.2, 0.25) is 5.91 Å². The number of furan rings is 1. The van der Waals surface area contributed by atoms with Crippen LogP contribution in [-0.2, 0) is 15.1 Å². The molecule has 0 spiro atoms. The van der Waals surface area contributed by atoms with Gasteiger partial charge in [-0.1, -0.05) is 17.7 Å². The second kappa shape index (κ2) is 7.92. The maximum Gasteiger partial charge on any atom is 0.325 e. The summed E-state index contributed by atoms with van der Waals surface area (Å²) in [5.74, 6) is 0.521. The first-order valence-electron chi connectivity index (χ1n) is 10.2. The van der Waals surface area contributed by atoms with Gasteiger partial charge in [-0.25, -0.2) is 4.79 Å². The predicted molar refractivity (Wildman–Crippen MR) is 116 cm³/mol. The van der Waals surface area contributed by atoms with E-state index in [1.807, 2.05) is 24.3 Å². The predicted octanol–water partition coefficient (Wildman–Crippen LogP) is 2.67. The van der Waals surface area contributed by atoms with Crippen molar-refractivity contribution in [1.29, 1.82) is 0 Å². The number of imide groups is 1. The monoisotopic (exact) mass is 444 g/mol. The van der Waals surface area contributed by atoms with Crippen LogP contribution < -0.4 is 10.2 Å². The van der Waals surface area contributed by atoms with Crippen molar-refractivity contribution in [2.24, 2.45) is 0 Å². The summed E-state index contributed by atoms with van der Waals surface area (Å²) >= 11 is 6.07. The largest absolute Gasteiger partial charge is 0.466 e. The lowest BCUT2D eigenvalue weighted by atomic mass is 9.92. The summed E-state index contributed by atoms with van der Waals surface area (Å²) in [4.78, 5) is 43.3. The fourth-order valence-corrected chi connectivity index (χ4v) is 4.46. The van der Waals surface area contributed by atoms with E-state index in [1.54, 1.807) is 31.7 Å². The van der Waals surface area contributed by atoms with Crippen molar-refractivity contribution in [2.75, 3.05) is 37.6 Å². The second-order valence-corrected chi connectivity index (χ2v) is 8.56. The van der Waals surface area contributed by atoms with E-state index < -0.39 is 17.5 Å². The Hall–Kier alpha value is -3.00. The van der Waals surface area contributed by atoms with E-state index in [0.29, 0.717) is 48.3 Å². The van der Waals surface area contributed by atoms with Gasteiger partial charge in [0.25, 0.3) is 5.91 Å². The lowest BCUT2D eigenvalue weighted by Crippen LogP contribution is -2.52. The third-order valence-electron chi connectivity index (χ3n) is 5.95. The number of anilines is 1. The van der Waals surface area contributed by atoms with E-state index in [0.717, 1.165) is 10.6 Å². The minimum atomic E-state index is -1.25. The number of nitrogens with zero attached hydrogens (tertiary/aromatic N) is 3. The molecular weight excluding hydrogens is 420 g/mol. The summed E-state index contributed by atoms with van der Waals surface area (Å²) in [5.41, 5.74) is 0.369. The average molecular weight is 445 g/mol. The highest BCUT2D eigenvalue weighted by Crippen LogP contribution is 2.33. The van der Waals surface area contributed by atoms with Gasteiger partial charge in [-0.3, -0.25) is 14.5 Å². The van der Waals surface area contributed by atoms with Crippen LogP contribution in [0, 0.1) is 13.8 Å². The van der Waals surface area contributed by atoms with Crippen LogP contribution in [0.3, 0.4) is 0 Å². The highest BCUT2D eigenvalue weighted by molar-refractivity contribution is 6.30. The average Bonchev–Trinajstić information content (AvgIpc) is 3.19. The molecule has 2 saturated heterocycles. The lowest BCUT2D eigenvalue weighted by molar-refractivity contribution is -0.139. The highest BCUT2D eigenvalue weighted by Gasteiger charge is 2.51. The number of rotatable bonds is 4. The minimum Gasteiger partial charge on any atom is -0.466 e. The maximum absolute atomic E-state index is 13.1. The number of carbonyl (C=O) groups excluding carboxylic acids is 3. The van der Waals surface area contributed by atoms with Crippen molar-refractivity contribution in [3.05, 3.63) is 52.4 Å². The van der Waals surface area contributed by atoms with Crippen molar-refractivity contribution in [2.45, 2.75) is 26.3 Å². The molecule has 0 saturated carbocycles. The van der Waals surface area contributed by atoms with E-state index in [2.05, 4.69) is 10.2 Å². The maximum atomic E-state index is 13.1. The SMILES string of the molecule is Cc1cc(C2(C)NC(=O)N(CC(=O)N3CCN(c4cccc(Cl)c4)CC3)C2=O)c(C)o1. The van der Waals surface area contributed by atoms with Crippen LogP contribution in [0.5, 0.6) is 0 Å². The molecule has 164 valence electrons. The van der Waals surface area contributed by atoms with E-state index >= 15 is 0 Å². The summed E-state index contributed by atoms with van der Waals surface area (Å²) in [6.07, 6.45) is 0. The molecular formula is C22H25ClN4O4. The number of hydrogen-bond acceptors (Lipinski definition) is 5. The van der Waals surface area contributed by atoms with Gasteiger partial charge in [-0.05, 0) is 45.0 Å². The van der Waals surface area contributed by atoms with E-state index in [-0.39, 0.29) is 12.5 Å². The quantitative estimate of drug-likeness (QED) is 0.733. The summed E-state index contributed by atoms with van der Waals surface area (Å²) < 4.78 is 5.53. The van der Waals surface area contributed by atoms with Gasteiger partial charge in [-0.2, -0.15) is 0 Å². The molecule has 3 heterocycles. The number of hydrogen-bond donors (Lipinski definition) is 1. The molecule has 9 heteroatoms. The molecule has 8 nitrogen and oxygen atoms in total. The summed E-state index contributed by atoms with van der Waals surface area (Å²) in [5, 5.41) is 3.40. The first kappa shape index (κ1) is 21.2. The Morgan fingerprint density at radius 2 is 1.87 bits per heavy atom. The van der Waals surface area contributed by atoms with Crippen LogP contribution >= 0.6 is 11.6 Å². The van der Waals surface area contributed by atoms with Crippen LogP contribution in [-0.4, -0.2) is 60.4 Å². The Labute approximate surface area is 185 Å². The molecule has 2 aliphatic rings. The lowest BCUT2D eigenvalue weighted by Gasteiger charge is -2.36. The standard InChI is InChI=1S/C22H25ClN4O4/c1-14-11-18(15(2)31-14)22(3)20(29)27(21(30)24-22)13-19(28)26-9-7-25(8-10-26)17-6-4-5-16(23)12-17/h4-6,11-12H,7-10,13H2,1-3H3,(H,24,30). The fourth-order valence-electron chi connectivity index (χ4n) is 4.27. The van der Waals surface area contributed by atoms with E-state index in [1.165, 1.54) is 0 Å². The Morgan fingerprint density at radius 3 is 2.48 bits per heavy atom. The van der Waals surface area contributed by atoms with Crippen molar-refractivity contribution >= 4 is 35.1 Å². The van der Waals surface area contributed by atoms with Gasteiger partial charge in [0, 0.05) is 42.5 Å². The molecule has 4 amide bonds. The Balaban J connectivity index is 1.40. The molecule has 1 aromatic carbocycles. The van der Waals surface area contributed by atoms with E-state index in [9.17, 15) is 14.4 Å². The van der Waals surface area contributed by atoms with Gasteiger partial charge in [0.05, 0.1) is 0 Å². The Bertz CT molecular complexity index is 1040. The number of aryl methyl sites for hydroxylation is 2. The molecule has 0 radical (unpaired) electrons. The molecule has 2 fully saturated rings. The van der Waals surface area contributed by atoms with Gasteiger partial charge in [-0.15, -0.1) is 0 Å². The number of amides is 4. The van der Waals surface area contributed by atoms with Crippen LogP contribution in [0.1, 0.15) is 24.0 Å². The number of urea groups is 1. The Kier molecular flexibility index (Phi) is 5.43. The van der Waals surface area contributed by atoms with Crippen LogP contribution in [0.25, 0.3) is 0 Å². The number of halogens is 1. The third-order valence-corrected chi connectivity index (χ3v) is 6.19. The number of nitrogens with one attached hydrogen (secondary N) is 1. The highest BCUT2D eigenvalue weighted by atomic mass is 35.5. The molecule has 2 aliphatic heterocycles. The van der Waals surface area contributed by atoms with Gasteiger partial charge in [0.1, 0.15) is 23.6 Å². The van der Waals surface area contributed by atoms with Crippen LogP contribution in [0.15, 0.2) is 34.7 Å².